The van der Waals surface area contributed by atoms with Gasteiger partial charge in [-0.15, -0.1) is 11.3 Å². The van der Waals surface area contributed by atoms with Gasteiger partial charge >= 0.3 is 0 Å². The summed E-state index contributed by atoms with van der Waals surface area (Å²) in [7, 11) is 0. The molecule has 0 saturated carbocycles. The maximum absolute atomic E-state index is 3.67. The van der Waals surface area contributed by atoms with Crippen LogP contribution < -0.4 is 5.32 Å². The third-order valence-electron chi connectivity index (χ3n) is 4.68. The van der Waals surface area contributed by atoms with Gasteiger partial charge in [0.2, 0.25) is 0 Å². The van der Waals surface area contributed by atoms with Crippen LogP contribution in [0, 0.1) is 34.6 Å². The third kappa shape index (κ3) is 3.10. The van der Waals surface area contributed by atoms with Crippen molar-refractivity contribution in [1.82, 2.24) is 5.32 Å². The summed E-state index contributed by atoms with van der Waals surface area (Å²) in [6, 6.07) is 2.51. The van der Waals surface area contributed by atoms with E-state index in [9.17, 15) is 0 Å². The molecule has 1 nitrogen and oxygen atoms in total. The van der Waals surface area contributed by atoms with E-state index in [1.807, 2.05) is 0 Å². The Morgan fingerprint density at radius 3 is 1.95 bits per heavy atom. The van der Waals surface area contributed by atoms with Crippen LogP contribution in [-0.2, 0) is 0 Å². The second-order valence-electron chi connectivity index (χ2n) is 5.71. The van der Waals surface area contributed by atoms with Crippen LogP contribution in [0.25, 0.3) is 0 Å². The Morgan fingerprint density at radius 1 is 1.00 bits per heavy atom. The molecule has 1 aromatic heterocycles. The van der Waals surface area contributed by atoms with Crippen molar-refractivity contribution in [3.63, 3.8) is 0 Å². The molecule has 0 aliphatic carbocycles. The standard InChI is InChI=1S/C18H24BrNS/c1-7-20-18(15-8-16(19)21-9-15)17-13(5)11(3)10(2)12(4)14(17)6/h8-9,18,20H,7H2,1-6H3. The highest BCUT2D eigenvalue weighted by atomic mass is 79.9. The topological polar surface area (TPSA) is 12.0 Å². The maximum Gasteiger partial charge on any atom is 0.0701 e. The van der Waals surface area contributed by atoms with Crippen LogP contribution in [0.3, 0.4) is 0 Å². The van der Waals surface area contributed by atoms with E-state index in [0.29, 0.717) is 0 Å². The van der Waals surface area contributed by atoms with Gasteiger partial charge in [0.25, 0.3) is 0 Å². The fourth-order valence-corrected chi connectivity index (χ4v) is 4.23. The molecule has 2 aromatic rings. The Bertz CT molecular complexity index is 628. The predicted molar refractivity (Wildman–Crippen MR) is 97.7 cm³/mol. The fourth-order valence-electron chi connectivity index (χ4n) is 3.03. The van der Waals surface area contributed by atoms with Gasteiger partial charge in [-0.2, -0.15) is 0 Å². The summed E-state index contributed by atoms with van der Waals surface area (Å²) < 4.78 is 1.19. The van der Waals surface area contributed by atoms with E-state index >= 15 is 0 Å². The summed E-state index contributed by atoms with van der Waals surface area (Å²) in [4.78, 5) is 0. The second-order valence-corrected chi connectivity index (χ2v) is 8.00. The van der Waals surface area contributed by atoms with Gasteiger partial charge in [0.05, 0.1) is 9.83 Å². The fraction of sp³-hybridized carbons (Fsp3) is 0.444. The van der Waals surface area contributed by atoms with Gasteiger partial charge in [0.15, 0.2) is 0 Å². The average Bonchev–Trinajstić information content (AvgIpc) is 2.88. The smallest absolute Gasteiger partial charge is 0.0701 e. The summed E-state index contributed by atoms with van der Waals surface area (Å²) >= 11 is 5.35. The Balaban J connectivity index is 2.66. The van der Waals surface area contributed by atoms with Crippen molar-refractivity contribution < 1.29 is 0 Å². The molecule has 3 heteroatoms. The lowest BCUT2D eigenvalue weighted by atomic mass is 9.84. The first kappa shape index (κ1) is 16.7. The summed E-state index contributed by atoms with van der Waals surface area (Å²) in [5.41, 5.74) is 9.91. The molecule has 0 bridgehead atoms. The highest BCUT2D eigenvalue weighted by molar-refractivity contribution is 9.11. The van der Waals surface area contributed by atoms with Gasteiger partial charge in [0, 0.05) is 0 Å². The van der Waals surface area contributed by atoms with E-state index in [0.717, 1.165) is 6.54 Å². The first-order valence-corrected chi connectivity index (χ1v) is 9.09. The molecule has 1 N–H and O–H groups in total. The predicted octanol–water partition coefficient (Wildman–Crippen LogP) is 5.75. The molecule has 1 unspecified atom stereocenters. The van der Waals surface area contributed by atoms with Gasteiger partial charge in [-0.1, -0.05) is 6.92 Å². The van der Waals surface area contributed by atoms with Crippen LogP contribution in [0.5, 0.6) is 0 Å². The second kappa shape index (κ2) is 6.64. The molecule has 0 fully saturated rings. The van der Waals surface area contributed by atoms with E-state index in [-0.39, 0.29) is 6.04 Å². The monoisotopic (exact) mass is 365 g/mol. The van der Waals surface area contributed by atoms with E-state index in [1.165, 1.54) is 42.7 Å². The van der Waals surface area contributed by atoms with E-state index in [2.05, 4.69) is 74.2 Å². The summed E-state index contributed by atoms with van der Waals surface area (Å²) in [5, 5.41) is 5.92. The average molecular weight is 366 g/mol. The van der Waals surface area contributed by atoms with Gasteiger partial charge in [-0.3, -0.25) is 0 Å². The number of halogens is 1. The highest BCUT2D eigenvalue weighted by Gasteiger charge is 2.22. The van der Waals surface area contributed by atoms with Gasteiger partial charge in [-0.05, 0) is 107 Å². The van der Waals surface area contributed by atoms with E-state index in [4.69, 9.17) is 0 Å². The molecule has 1 heterocycles. The SMILES string of the molecule is CCNC(c1csc(Br)c1)c1c(C)c(C)c(C)c(C)c1C. The normalized spacial score (nSPS) is 12.7. The minimum Gasteiger partial charge on any atom is -0.306 e. The summed E-state index contributed by atoms with van der Waals surface area (Å²) in [6.45, 7) is 14.4. The zero-order valence-electron chi connectivity index (χ0n) is 13.7. The Kier molecular flexibility index (Phi) is 5.29. The minimum absolute atomic E-state index is 0.274. The number of benzene rings is 1. The van der Waals surface area contributed by atoms with Crippen LogP contribution >= 0.6 is 27.3 Å². The molecule has 0 aliphatic rings. The molecule has 0 aliphatic heterocycles. The van der Waals surface area contributed by atoms with Crippen LogP contribution in [-0.4, -0.2) is 6.54 Å². The molecule has 21 heavy (non-hydrogen) atoms. The van der Waals surface area contributed by atoms with Crippen molar-refractivity contribution in [2.45, 2.75) is 47.6 Å². The van der Waals surface area contributed by atoms with Crippen LogP contribution in [0.15, 0.2) is 15.2 Å². The highest BCUT2D eigenvalue weighted by Crippen LogP contribution is 2.36. The molecular weight excluding hydrogens is 342 g/mol. The van der Waals surface area contributed by atoms with Crippen molar-refractivity contribution in [1.29, 1.82) is 0 Å². The molecule has 0 saturated heterocycles. The largest absolute Gasteiger partial charge is 0.306 e. The number of hydrogen-bond donors (Lipinski definition) is 1. The van der Waals surface area contributed by atoms with Crippen LogP contribution in [0.2, 0.25) is 0 Å². The van der Waals surface area contributed by atoms with Gasteiger partial charge in [-0.25, -0.2) is 0 Å². The van der Waals surface area contributed by atoms with Crippen LogP contribution in [0.1, 0.15) is 51.9 Å². The summed E-state index contributed by atoms with van der Waals surface area (Å²) in [6.07, 6.45) is 0. The quantitative estimate of drug-likeness (QED) is 0.726. The number of nitrogens with one attached hydrogen (secondary N) is 1. The molecule has 0 spiro atoms. The van der Waals surface area contributed by atoms with E-state index < -0.39 is 0 Å². The Labute approximate surface area is 140 Å². The summed E-state index contributed by atoms with van der Waals surface area (Å²) in [5.74, 6) is 0. The van der Waals surface area contributed by atoms with Crippen molar-refractivity contribution in [2.24, 2.45) is 0 Å². The molecule has 1 atom stereocenters. The number of rotatable bonds is 4. The lowest BCUT2D eigenvalue weighted by molar-refractivity contribution is 0.624. The van der Waals surface area contributed by atoms with Crippen LogP contribution in [0.4, 0.5) is 0 Å². The molecular formula is C18H24BrNS. The Morgan fingerprint density at radius 2 is 1.52 bits per heavy atom. The van der Waals surface area contributed by atoms with Gasteiger partial charge < -0.3 is 5.32 Å². The first-order valence-electron chi connectivity index (χ1n) is 7.42. The minimum atomic E-state index is 0.274. The Hall–Kier alpha value is -0.640. The molecule has 0 radical (unpaired) electrons. The van der Waals surface area contributed by atoms with Crippen molar-refractivity contribution in [3.05, 3.63) is 54.2 Å². The maximum atomic E-state index is 3.67. The lowest BCUT2D eigenvalue weighted by Crippen LogP contribution is -2.24. The number of thiophene rings is 1. The van der Waals surface area contributed by atoms with Gasteiger partial charge in [0.1, 0.15) is 0 Å². The van der Waals surface area contributed by atoms with E-state index in [1.54, 1.807) is 11.3 Å². The van der Waals surface area contributed by atoms with Crippen molar-refractivity contribution >= 4 is 27.3 Å². The molecule has 2 rings (SSSR count). The lowest BCUT2D eigenvalue weighted by Gasteiger charge is -2.26. The zero-order chi connectivity index (χ0) is 15.7. The number of hydrogen-bond acceptors (Lipinski definition) is 2. The third-order valence-corrected chi connectivity index (χ3v) is 6.20. The van der Waals surface area contributed by atoms with Crippen molar-refractivity contribution in [3.8, 4) is 0 Å². The molecule has 0 amide bonds. The first-order chi connectivity index (χ1) is 9.88. The molecule has 114 valence electrons. The van der Waals surface area contributed by atoms with Crippen molar-refractivity contribution in [2.75, 3.05) is 6.54 Å². The zero-order valence-corrected chi connectivity index (χ0v) is 16.1. The molecule has 1 aromatic carbocycles.